The average molecular weight is 282 g/mol. The van der Waals surface area contributed by atoms with Crippen LogP contribution in [0.3, 0.4) is 0 Å². The Balaban J connectivity index is 2.16. The van der Waals surface area contributed by atoms with Crippen LogP contribution in [-0.4, -0.2) is 28.0 Å². The van der Waals surface area contributed by atoms with Crippen molar-refractivity contribution in [2.45, 2.75) is 36.5 Å². The van der Waals surface area contributed by atoms with Gasteiger partial charge in [-0.3, -0.25) is 14.5 Å². The number of nitrogen functional groups attached to an aromatic ring is 1. The van der Waals surface area contributed by atoms with Gasteiger partial charge >= 0.3 is 0 Å². The van der Waals surface area contributed by atoms with Gasteiger partial charge in [0.25, 0.3) is 0 Å². The van der Waals surface area contributed by atoms with Crippen molar-refractivity contribution < 1.29 is 14.0 Å². The molecule has 1 aliphatic heterocycles. The molecule has 102 valence electrons. The van der Waals surface area contributed by atoms with E-state index < -0.39 is 11.1 Å². The van der Waals surface area contributed by atoms with E-state index in [4.69, 9.17) is 5.73 Å². The van der Waals surface area contributed by atoms with Crippen molar-refractivity contribution in [2.75, 3.05) is 5.73 Å². The molecule has 1 fully saturated rings. The van der Waals surface area contributed by atoms with Gasteiger partial charge in [0, 0.05) is 23.0 Å². The maximum absolute atomic E-state index is 13.2. The summed E-state index contributed by atoms with van der Waals surface area (Å²) < 4.78 is 13.2. The lowest BCUT2D eigenvalue weighted by Crippen LogP contribution is -2.37. The minimum atomic E-state index is -0.490. The number of halogens is 1. The number of carbonyl (C=O) groups excluding carboxylic acids is 2. The molecular weight excluding hydrogens is 267 g/mol. The van der Waals surface area contributed by atoms with Crippen molar-refractivity contribution in [3.63, 3.8) is 0 Å². The van der Waals surface area contributed by atoms with Crippen LogP contribution in [0.15, 0.2) is 23.1 Å². The van der Waals surface area contributed by atoms with Crippen LogP contribution < -0.4 is 5.73 Å². The molecule has 0 aliphatic carbocycles. The number of hydrogen-bond donors (Lipinski definition) is 1. The van der Waals surface area contributed by atoms with Crippen molar-refractivity contribution in [3.05, 3.63) is 24.0 Å². The molecule has 0 aromatic heterocycles. The fourth-order valence-corrected chi connectivity index (χ4v) is 3.23. The second-order valence-corrected chi connectivity index (χ2v) is 6.00. The van der Waals surface area contributed by atoms with Gasteiger partial charge in [0.1, 0.15) is 5.82 Å². The topological polar surface area (TPSA) is 63.4 Å². The summed E-state index contributed by atoms with van der Waals surface area (Å²) in [5.41, 5.74) is 5.86. The van der Waals surface area contributed by atoms with Gasteiger partial charge in [-0.2, -0.15) is 0 Å². The summed E-state index contributed by atoms with van der Waals surface area (Å²) in [7, 11) is 0. The largest absolute Gasteiger partial charge is 0.399 e. The molecule has 1 saturated heterocycles. The molecule has 1 aromatic carbocycles. The minimum absolute atomic E-state index is 0.150. The second-order valence-electron chi connectivity index (χ2n) is 4.73. The van der Waals surface area contributed by atoms with Crippen LogP contribution in [0.25, 0.3) is 0 Å². The lowest BCUT2D eigenvalue weighted by molar-refractivity contribution is -0.140. The molecule has 0 bridgehead atoms. The number of rotatable bonds is 3. The Kier molecular flexibility index (Phi) is 3.80. The van der Waals surface area contributed by atoms with E-state index in [9.17, 15) is 14.0 Å². The smallest absolute Gasteiger partial charge is 0.243 e. The highest BCUT2D eigenvalue weighted by Crippen LogP contribution is 2.33. The van der Waals surface area contributed by atoms with E-state index in [1.54, 1.807) is 19.9 Å². The third-order valence-electron chi connectivity index (χ3n) is 2.83. The van der Waals surface area contributed by atoms with Gasteiger partial charge in [0.05, 0.1) is 5.25 Å². The number of benzene rings is 1. The predicted molar refractivity (Wildman–Crippen MR) is 72.1 cm³/mol. The Morgan fingerprint density at radius 3 is 2.58 bits per heavy atom. The van der Waals surface area contributed by atoms with Gasteiger partial charge in [-0.05, 0) is 32.0 Å². The summed E-state index contributed by atoms with van der Waals surface area (Å²) in [6.07, 6.45) is 0.151. The second kappa shape index (κ2) is 5.21. The van der Waals surface area contributed by atoms with E-state index in [1.165, 1.54) is 28.8 Å². The molecule has 1 heterocycles. The Morgan fingerprint density at radius 2 is 2.05 bits per heavy atom. The summed E-state index contributed by atoms with van der Waals surface area (Å²) in [5, 5.41) is -0.490. The van der Waals surface area contributed by atoms with Crippen molar-refractivity contribution in [1.82, 2.24) is 4.90 Å². The van der Waals surface area contributed by atoms with E-state index in [1.807, 2.05) is 0 Å². The first-order valence-corrected chi connectivity index (χ1v) is 6.85. The normalized spacial score (nSPS) is 19.6. The molecule has 19 heavy (non-hydrogen) atoms. The number of nitrogens with zero attached hydrogens (tertiary/aromatic N) is 1. The molecule has 1 aromatic rings. The van der Waals surface area contributed by atoms with Gasteiger partial charge < -0.3 is 5.73 Å². The monoisotopic (exact) mass is 282 g/mol. The Morgan fingerprint density at radius 1 is 1.37 bits per heavy atom. The highest BCUT2D eigenvalue weighted by Gasteiger charge is 2.40. The zero-order chi connectivity index (χ0) is 14.2. The average Bonchev–Trinajstić information content (AvgIpc) is 2.52. The Bertz CT molecular complexity index is 513. The maximum atomic E-state index is 13.2. The third-order valence-corrected chi connectivity index (χ3v) is 3.99. The summed E-state index contributed by atoms with van der Waals surface area (Å²) >= 11 is 1.18. The SMILES string of the molecule is CC(C)N1C(=O)CC(Sc2cc(N)cc(F)c2)C1=O. The molecule has 1 aliphatic rings. The molecule has 1 atom stereocenters. The molecule has 2 amide bonds. The predicted octanol–water partition coefficient (Wildman–Crippen LogP) is 2.04. The van der Waals surface area contributed by atoms with Crippen LogP contribution in [0.1, 0.15) is 20.3 Å². The molecule has 4 nitrogen and oxygen atoms in total. The standard InChI is InChI=1S/C13H15FN2O2S/c1-7(2)16-12(17)6-11(13(16)18)19-10-4-8(14)3-9(15)5-10/h3-5,7,11H,6,15H2,1-2H3. The summed E-state index contributed by atoms with van der Waals surface area (Å²) in [4.78, 5) is 25.7. The van der Waals surface area contributed by atoms with Crippen molar-refractivity contribution in [3.8, 4) is 0 Å². The number of carbonyl (C=O) groups is 2. The van der Waals surface area contributed by atoms with E-state index in [0.29, 0.717) is 10.6 Å². The first-order chi connectivity index (χ1) is 8.88. The Labute approximate surface area is 115 Å². The van der Waals surface area contributed by atoms with Crippen LogP contribution in [0, 0.1) is 5.82 Å². The number of hydrogen-bond acceptors (Lipinski definition) is 4. The first kappa shape index (κ1) is 13.9. The number of amides is 2. The fourth-order valence-electron chi connectivity index (χ4n) is 2.07. The van der Waals surface area contributed by atoms with E-state index in [-0.39, 0.29) is 24.3 Å². The van der Waals surface area contributed by atoms with Crippen LogP contribution in [-0.2, 0) is 9.59 Å². The van der Waals surface area contributed by atoms with Gasteiger partial charge in [0.15, 0.2) is 0 Å². The molecule has 0 radical (unpaired) electrons. The van der Waals surface area contributed by atoms with Crippen LogP contribution in [0.2, 0.25) is 0 Å². The molecule has 2 N–H and O–H groups in total. The van der Waals surface area contributed by atoms with Gasteiger partial charge in [-0.15, -0.1) is 11.8 Å². The van der Waals surface area contributed by atoms with Gasteiger partial charge in [-0.1, -0.05) is 0 Å². The molecule has 1 unspecified atom stereocenters. The number of thioether (sulfide) groups is 1. The summed E-state index contributed by atoms with van der Waals surface area (Å²) in [5.74, 6) is -0.838. The maximum Gasteiger partial charge on any atom is 0.243 e. The summed E-state index contributed by atoms with van der Waals surface area (Å²) in [6.45, 7) is 3.59. The molecular formula is C13H15FN2O2S. The van der Waals surface area contributed by atoms with E-state index in [2.05, 4.69) is 0 Å². The van der Waals surface area contributed by atoms with Gasteiger partial charge in [0.2, 0.25) is 11.8 Å². The lowest BCUT2D eigenvalue weighted by Gasteiger charge is -2.18. The zero-order valence-corrected chi connectivity index (χ0v) is 11.5. The van der Waals surface area contributed by atoms with Crippen LogP contribution in [0.5, 0.6) is 0 Å². The highest BCUT2D eigenvalue weighted by molar-refractivity contribution is 8.00. The lowest BCUT2D eigenvalue weighted by atomic mass is 10.3. The van der Waals surface area contributed by atoms with Gasteiger partial charge in [-0.25, -0.2) is 4.39 Å². The fraction of sp³-hybridized carbons (Fsp3) is 0.385. The quantitative estimate of drug-likeness (QED) is 0.680. The third kappa shape index (κ3) is 2.89. The molecule has 2 rings (SSSR count). The minimum Gasteiger partial charge on any atom is -0.399 e. The number of nitrogens with two attached hydrogens (primary N) is 1. The van der Waals surface area contributed by atoms with Crippen LogP contribution >= 0.6 is 11.8 Å². The van der Waals surface area contributed by atoms with Crippen molar-refractivity contribution in [1.29, 1.82) is 0 Å². The first-order valence-electron chi connectivity index (χ1n) is 5.97. The highest BCUT2D eigenvalue weighted by atomic mass is 32.2. The van der Waals surface area contributed by atoms with E-state index >= 15 is 0 Å². The van der Waals surface area contributed by atoms with E-state index in [0.717, 1.165) is 0 Å². The molecule has 0 spiro atoms. The molecule has 6 heteroatoms. The number of likely N-dealkylation sites (tertiary alicyclic amines) is 1. The van der Waals surface area contributed by atoms with Crippen LogP contribution in [0.4, 0.5) is 10.1 Å². The number of anilines is 1. The van der Waals surface area contributed by atoms with Crippen molar-refractivity contribution in [2.24, 2.45) is 0 Å². The zero-order valence-electron chi connectivity index (χ0n) is 10.7. The van der Waals surface area contributed by atoms with Crippen molar-refractivity contribution >= 4 is 29.3 Å². The number of imide groups is 1. The summed E-state index contributed by atoms with van der Waals surface area (Å²) in [6, 6.07) is 3.98. The Hall–Kier alpha value is -1.56. The molecule has 0 saturated carbocycles.